The SMILES string of the molecule is CNC(=O)c1cc(C(=O)NC)cc(C2=C(/C=C/C3=[N+](CCCCS(=O)(=O)O)c4ccccc4C3(C)C)CCC/C2=C\C=C2\N(CCCCS(=O)(=O)O)c3ccccc3C2(C)C)c1. The summed E-state index contributed by atoms with van der Waals surface area (Å²) < 4.78 is 67.2. The first-order valence-corrected chi connectivity index (χ1v) is 24.4. The molecule has 3 aromatic carbocycles. The Morgan fingerprint density at radius 2 is 1.34 bits per heavy atom. The number of nitrogens with one attached hydrogen (secondary N) is 2. The number of benzene rings is 3. The van der Waals surface area contributed by atoms with Gasteiger partial charge in [-0.05, 0) is 111 Å². The average molecular weight is 884 g/mol. The van der Waals surface area contributed by atoms with Gasteiger partial charge in [-0.25, -0.2) is 0 Å². The highest BCUT2D eigenvalue weighted by Gasteiger charge is 2.44. The van der Waals surface area contributed by atoms with E-state index in [1.807, 2.05) is 36.4 Å². The number of amides is 2. The number of hydrogen-bond donors (Lipinski definition) is 4. The molecule has 2 heterocycles. The lowest BCUT2D eigenvalue weighted by Gasteiger charge is -2.28. The van der Waals surface area contributed by atoms with Crippen molar-refractivity contribution in [1.82, 2.24) is 10.6 Å². The molecule has 0 atom stereocenters. The first-order valence-electron chi connectivity index (χ1n) is 21.2. The second-order valence-electron chi connectivity index (χ2n) is 17.2. The van der Waals surface area contributed by atoms with Crippen molar-refractivity contribution in [3.63, 3.8) is 0 Å². The van der Waals surface area contributed by atoms with Crippen molar-refractivity contribution in [1.29, 1.82) is 0 Å². The van der Waals surface area contributed by atoms with Crippen molar-refractivity contribution < 1.29 is 40.1 Å². The molecule has 0 spiro atoms. The fourth-order valence-electron chi connectivity index (χ4n) is 9.18. The van der Waals surface area contributed by atoms with Gasteiger partial charge in [0.2, 0.25) is 5.69 Å². The second-order valence-corrected chi connectivity index (χ2v) is 20.4. The number of hydrogen-bond acceptors (Lipinski definition) is 7. The van der Waals surface area contributed by atoms with Crippen LogP contribution in [0.15, 0.2) is 108 Å². The van der Waals surface area contributed by atoms with Crippen LogP contribution in [0.3, 0.4) is 0 Å². The molecule has 0 aromatic heterocycles. The number of carbonyl (C=O) groups is 2. The first kappa shape index (κ1) is 46.4. The molecule has 3 aromatic rings. The monoisotopic (exact) mass is 883 g/mol. The van der Waals surface area contributed by atoms with Crippen molar-refractivity contribution in [2.45, 2.75) is 83.5 Å². The van der Waals surface area contributed by atoms with Crippen molar-refractivity contribution in [3.8, 4) is 0 Å². The fraction of sp³-hybridized carbons (Fsp3) is 0.396. The van der Waals surface area contributed by atoms with Gasteiger partial charge in [-0.15, -0.1) is 0 Å². The predicted molar refractivity (Wildman–Crippen MR) is 247 cm³/mol. The molecule has 6 rings (SSSR count). The van der Waals surface area contributed by atoms with Gasteiger partial charge < -0.3 is 15.5 Å². The number of para-hydroxylation sites is 2. The lowest BCUT2D eigenvalue weighted by atomic mass is 9.79. The van der Waals surface area contributed by atoms with E-state index >= 15 is 0 Å². The number of rotatable bonds is 16. The molecule has 3 aliphatic rings. The van der Waals surface area contributed by atoms with Crippen molar-refractivity contribution in [2.75, 3.05) is 43.6 Å². The van der Waals surface area contributed by atoms with E-state index in [2.05, 4.69) is 96.4 Å². The quantitative estimate of drug-likeness (QED) is 0.0634. The molecule has 62 heavy (non-hydrogen) atoms. The molecule has 2 aliphatic heterocycles. The number of anilines is 1. The van der Waals surface area contributed by atoms with Gasteiger partial charge in [-0.3, -0.25) is 18.7 Å². The molecular formula is C48H59N4O8S2+. The van der Waals surface area contributed by atoms with Crippen molar-refractivity contribution >= 4 is 54.7 Å². The van der Waals surface area contributed by atoms with Crippen LogP contribution in [-0.4, -0.2) is 86.7 Å². The number of fused-ring (bicyclic) bond motifs is 2. The van der Waals surface area contributed by atoms with Gasteiger partial charge in [0, 0.05) is 72.7 Å². The molecule has 0 radical (unpaired) electrons. The highest BCUT2D eigenvalue weighted by Crippen LogP contribution is 2.48. The van der Waals surface area contributed by atoms with E-state index in [0.29, 0.717) is 49.9 Å². The van der Waals surface area contributed by atoms with Gasteiger partial charge in [0.15, 0.2) is 5.71 Å². The molecule has 2 amide bonds. The maximum absolute atomic E-state index is 13.2. The van der Waals surface area contributed by atoms with E-state index in [0.717, 1.165) is 75.5 Å². The Kier molecular flexibility index (Phi) is 14.0. The minimum Gasteiger partial charge on any atom is -0.355 e. The molecular weight excluding hydrogens is 825 g/mol. The summed E-state index contributed by atoms with van der Waals surface area (Å²) in [7, 11) is -5.04. The molecule has 0 saturated heterocycles. The lowest BCUT2D eigenvalue weighted by molar-refractivity contribution is -0.438. The molecule has 330 valence electrons. The topological polar surface area (TPSA) is 173 Å². The first-order chi connectivity index (χ1) is 29.3. The standard InChI is InChI=1S/C48H58N4O8S2/c1-47(2)38-18-7-9-20-40(38)51(26-11-13-28-61(55,56)57)42(47)24-22-33-16-15-17-34(44(33)35-30-36(45(53)49-5)32-37(31-35)46(54)50-6)23-25-43-48(3,4)39-19-8-10-21-41(39)52(43)27-12-14-29-62(58,59)60/h7-10,18-25,30-32H,11-17,26-29H2,1-6H3,(H3-,49,50,53,54,55,56,57,58,59,60)/p+1. The molecule has 0 bridgehead atoms. The van der Waals surface area contributed by atoms with E-state index in [9.17, 15) is 35.5 Å². The molecule has 0 fully saturated rings. The zero-order valence-corrected chi connectivity index (χ0v) is 38.1. The Morgan fingerprint density at radius 3 is 1.97 bits per heavy atom. The van der Waals surface area contributed by atoms with Crippen LogP contribution < -0.4 is 15.5 Å². The van der Waals surface area contributed by atoms with Crippen LogP contribution in [-0.2, 0) is 31.1 Å². The molecule has 14 heteroatoms. The van der Waals surface area contributed by atoms with Gasteiger partial charge in [-0.2, -0.15) is 21.4 Å². The summed E-state index contributed by atoms with van der Waals surface area (Å²) in [6.45, 7) is 9.81. The summed E-state index contributed by atoms with van der Waals surface area (Å²) in [5.41, 5.74) is 10.1. The maximum Gasteiger partial charge on any atom is 0.264 e. The smallest absolute Gasteiger partial charge is 0.264 e. The molecule has 0 unspecified atom stereocenters. The van der Waals surface area contributed by atoms with Gasteiger partial charge in [0.05, 0.1) is 16.9 Å². The number of carbonyl (C=O) groups excluding carboxylic acids is 2. The third kappa shape index (κ3) is 10.2. The van der Waals surface area contributed by atoms with Gasteiger partial charge in [0.25, 0.3) is 32.1 Å². The number of unbranched alkanes of at least 4 members (excludes halogenated alkanes) is 2. The van der Waals surface area contributed by atoms with Crippen LogP contribution in [0, 0.1) is 0 Å². The Hall–Kier alpha value is -5.15. The summed E-state index contributed by atoms with van der Waals surface area (Å²) in [5, 5.41) is 5.42. The number of nitrogens with zero attached hydrogens (tertiary/aromatic N) is 2. The van der Waals surface area contributed by atoms with Crippen LogP contribution in [0.25, 0.3) is 5.57 Å². The van der Waals surface area contributed by atoms with Gasteiger partial charge in [0.1, 0.15) is 6.54 Å². The lowest BCUT2D eigenvalue weighted by Crippen LogP contribution is -2.28. The summed E-state index contributed by atoms with van der Waals surface area (Å²) in [4.78, 5) is 28.7. The summed E-state index contributed by atoms with van der Waals surface area (Å²) >= 11 is 0. The molecule has 1 aliphatic carbocycles. The maximum atomic E-state index is 13.2. The molecule has 0 saturated carbocycles. The number of allylic oxidation sites excluding steroid dienone is 8. The van der Waals surface area contributed by atoms with Crippen LogP contribution >= 0.6 is 0 Å². The van der Waals surface area contributed by atoms with Crippen molar-refractivity contribution in [2.24, 2.45) is 0 Å². The zero-order chi connectivity index (χ0) is 45.0. The second kappa shape index (κ2) is 18.7. The average Bonchev–Trinajstić information content (AvgIpc) is 3.58. The Bertz CT molecular complexity index is 2600. The van der Waals surface area contributed by atoms with E-state index in [1.54, 1.807) is 20.2 Å². The zero-order valence-electron chi connectivity index (χ0n) is 36.5. The Morgan fingerprint density at radius 1 is 0.742 bits per heavy atom. The minimum absolute atomic E-state index is 0.305. The summed E-state index contributed by atoms with van der Waals surface area (Å²) in [5.74, 6) is -1.25. The summed E-state index contributed by atoms with van der Waals surface area (Å²) in [6, 6.07) is 21.7. The normalized spacial score (nSPS) is 18.5. The Labute approximate surface area is 366 Å². The van der Waals surface area contributed by atoms with Crippen LogP contribution in [0.5, 0.6) is 0 Å². The third-order valence-electron chi connectivity index (χ3n) is 12.3. The molecule has 4 N–H and O–H groups in total. The van der Waals surface area contributed by atoms with Gasteiger partial charge >= 0.3 is 0 Å². The van der Waals surface area contributed by atoms with Crippen molar-refractivity contribution in [3.05, 3.63) is 136 Å². The fourth-order valence-corrected chi connectivity index (χ4v) is 10.3. The van der Waals surface area contributed by atoms with E-state index in [-0.39, 0.29) is 23.3 Å². The van der Waals surface area contributed by atoms with Gasteiger partial charge in [-0.1, -0.05) is 62.4 Å². The van der Waals surface area contributed by atoms with E-state index in [4.69, 9.17) is 0 Å². The van der Waals surface area contributed by atoms with Crippen LogP contribution in [0.4, 0.5) is 11.4 Å². The molecule has 12 nitrogen and oxygen atoms in total. The summed E-state index contributed by atoms with van der Waals surface area (Å²) in [6.07, 6.45) is 12.6. The predicted octanol–water partition coefficient (Wildman–Crippen LogP) is 7.92. The van der Waals surface area contributed by atoms with Crippen LogP contribution in [0.2, 0.25) is 0 Å². The Balaban J connectivity index is 1.52. The highest BCUT2D eigenvalue weighted by molar-refractivity contribution is 7.86. The largest absolute Gasteiger partial charge is 0.355 e. The van der Waals surface area contributed by atoms with E-state index < -0.39 is 31.1 Å². The van der Waals surface area contributed by atoms with Crippen LogP contribution in [0.1, 0.15) is 110 Å². The highest BCUT2D eigenvalue weighted by atomic mass is 32.2. The minimum atomic E-state index is -4.08. The van der Waals surface area contributed by atoms with E-state index in [1.165, 1.54) is 0 Å². The third-order valence-corrected chi connectivity index (χ3v) is 13.9.